The van der Waals surface area contributed by atoms with E-state index in [4.69, 9.17) is 14.2 Å². The van der Waals surface area contributed by atoms with Crippen molar-refractivity contribution in [2.45, 2.75) is 193 Å². The van der Waals surface area contributed by atoms with Crippen molar-refractivity contribution in [2.24, 2.45) is 0 Å². The van der Waals surface area contributed by atoms with Gasteiger partial charge in [0.05, 0.1) is 24.3 Å². The number of carbonyl (C=O) groups excluding carboxylic acids is 1. The number of ether oxygens (including phenoxy) is 3. The summed E-state index contributed by atoms with van der Waals surface area (Å²) in [5, 5.41) is 14.7. The van der Waals surface area contributed by atoms with Crippen molar-refractivity contribution in [3.63, 3.8) is 0 Å². The highest BCUT2D eigenvalue weighted by Gasteiger charge is 2.54. The third-order valence-corrected chi connectivity index (χ3v) is 10.9. The number of rotatable bonds is 29. The van der Waals surface area contributed by atoms with Crippen molar-refractivity contribution >= 4 is 5.97 Å². The molecule has 0 unspecified atom stereocenters. The number of nitrogens with zero attached hydrogens (tertiary/aromatic N) is 1. The largest absolute Gasteiger partial charge is 0.494 e. The second-order valence-electron chi connectivity index (χ2n) is 15.4. The zero-order valence-electron chi connectivity index (χ0n) is 33.0. The van der Waals surface area contributed by atoms with E-state index in [9.17, 15) is 10.0 Å². The molecule has 0 saturated carbocycles. The van der Waals surface area contributed by atoms with Crippen LogP contribution in [0.25, 0.3) is 0 Å². The first kappa shape index (κ1) is 42.8. The van der Waals surface area contributed by atoms with Crippen LogP contribution in [0.2, 0.25) is 0 Å². The highest BCUT2D eigenvalue weighted by molar-refractivity contribution is 5.89. The Morgan fingerprint density at radius 3 is 1.33 bits per heavy atom. The minimum absolute atomic E-state index is 0.416. The van der Waals surface area contributed by atoms with Crippen molar-refractivity contribution in [1.82, 2.24) is 5.06 Å². The number of hydrogen-bond donors (Lipinski definition) is 0. The molecule has 287 valence electrons. The fourth-order valence-corrected chi connectivity index (χ4v) is 7.32. The van der Waals surface area contributed by atoms with Crippen LogP contribution in [0, 0.1) is 0 Å². The predicted molar refractivity (Wildman–Crippen MR) is 210 cm³/mol. The Hall–Kier alpha value is -2.57. The molecule has 1 aliphatic heterocycles. The summed E-state index contributed by atoms with van der Waals surface area (Å²) < 4.78 is 17.8. The maximum Gasteiger partial charge on any atom is 0.339 e. The van der Waals surface area contributed by atoms with Crippen LogP contribution in [0.5, 0.6) is 11.5 Å². The first-order valence-electron chi connectivity index (χ1n) is 21.0. The van der Waals surface area contributed by atoms with Crippen LogP contribution in [0.4, 0.5) is 0 Å². The fourth-order valence-electron chi connectivity index (χ4n) is 7.32. The summed E-state index contributed by atoms with van der Waals surface area (Å²) in [6.45, 7) is 9.57. The van der Waals surface area contributed by atoms with Gasteiger partial charge in [-0.05, 0) is 75.1 Å². The molecule has 6 nitrogen and oxygen atoms in total. The number of hydrogen-bond acceptors (Lipinski definition) is 5. The van der Waals surface area contributed by atoms with Gasteiger partial charge in [-0.25, -0.2) is 4.79 Å². The molecule has 2 aromatic rings. The zero-order chi connectivity index (χ0) is 36.6. The summed E-state index contributed by atoms with van der Waals surface area (Å²) in [7, 11) is 0. The molecular formula is C45H72NO5. The van der Waals surface area contributed by atoms with Gasteiger partial charge in [-0.3, -0.25) is 0 Å². The van der Waals surface area contributed by atoms with E-state index in [1.54, 1.807) is 19.1 Å². The molecule has 0 aromatic heterocycles. The van der Waals surface area contributed by atoms with Crippen molar-refractivity contribution in [2.75, 3.05) is 13.2 Å². The van der Waals surface area contributed by atoms with Crippen LogP contribution in [-0.2, 0) is 15.5 Å². The Morgan fingerprint density at radius 1 is 0.549 bits per heavy atom. The molecule has 0 amide bonds. The van der Waals surface area contributed by atoms with Gasteiger partial charge < -0.3 is 14.2 Å². The van der Waals surface area contributed by atoms with Gasteiger partial charge in [-0.1, -0.05) is 154 Å². The summed E-state index contributed by atoms with van der Waals surface area (Å²) in [4.78, 5) is 13.1. The topological polar surface area (TPSA) is 67.9 Å². The van der Waals surface area contributed by atoms with Gasteiger partial charge in [-0.2, -0.15) is 0 Å². The van der Waals surface area contributed by atoms with Crippen molar-refractivity contribution in [3.8, 4) is 11.5 Å². The van der Waals surface area contributed by atoms with Crippen LogP contribution in [0.15, 0.2) is 48.5 Å². The van der Waals surface area contributed by atoms with Crippen molar-refractivity contribution in [3.05, 3.63) is 59.7 Å². The summed E-state index contributed by atoms with van der Waals surface area (Å²) in [6, 6.07) is 14.9. The third-order valence-electron chi connectivity index (χ3n) is 10.9. The fraction of sp³-hybridized carbons (Fsp3) is 0.711. The lowest BCUT2D eigenvalue weighted by Gasteiger charge is -2.36. The smallest absolute Gasteiger partial charge is 0.339 e. The van der Waals surface area contributed by atoms with Gasteiger partial charge in [-0.15, -0.1) is 10.3 Å². The van der Waals surface area contributed by atoms with Crippen LogP contribution >= 0.6 is 0 Å². The minimum atomic E-state index is -1.25. The first-order valence-corrected chi connectivity index (χ1v) is 21.0. The average molecular weight is 707 g/mol. The Bertz CT molecular complexity index is 1180. The molecule has 1 saturated heterocycles. The maximum absolute atomic E-state index is 13.7. The van der Waals surface area contributed by atoms with Gasteiger partial charge in [0, 0.05) is 6.42 Å². The van der Waals surface area contributed by atoms with Crippen LogP contribution in [0.1, 0.15) is 198 Å². The molecule has 1 heterocycles. The zero-order valence-corrected chi connectivity index (χ0v) is 33.0. The monoisotopic (exact) mass is 707 g/mol. The second kappa shape index (κ2) is 24.6. The van der Waals surface area contributed by atoms with E-state index in [-0.39, 0.29) is 0 Å². The molecule has 2 atom stereocenters. The Morgan fingerprint density at radius 2 is 0.922 bits per heavy atom. The van der Waals surface area contributed by atoms with Gasteiger partial charge in [0.25, 0.3) is 0 Å². The second-order valence-corrected chi connectivity index (χ2v) is 15.4. The molecular weight excluding hydrogens is 634 g/mol. The normalized spacial score (nSPS) is 19.0. The molecule has 51 heavy (non-hydrogen) atoms. The highest BCUT2D eigenvalue weighted by atomic mass is 16.6. The molecule has 3 rings (SSSR count). The lowest BCUT2D eigenvalue weighted by Crippen LogP contribution is -2.49. The molecule has 2 aromatic carbocycles. The van der Waals surface area contributed by atoms with E-state index in [1.165, 1.54) is 128 Å². The lowest BCUT2D eigenvalue weighted by molar-refractivity contribution is -0.311. The standard InChI is InChI=1S/C45H72NO5/c1-5-7-9-11-13-15-17-19-21-23-25-37-49-41-31-27-39(28-32-41)43(47)51-45(4)36-35-44(3,46(45)48)40-29-33-42(34-30-40)50-38-26-24-22-20-18-16-14-12-10-8-6-2/h27-34H,5-26,35-38H2,1-4H3/t44-,45-/m0/s1. The summed E-state index contributed by atoms with van der Waals surface area (Å²) in [6.07, 6.45) is 29.8. The summed E-state index contributed by atoms with van der Waals surface area (Å²) in [5.74, 6) is 1.07. The van der Waals surface area contributed by atoms with E-state index >= 15 is 0 Å². The van der Waals surface area contributed by atoms with Gasteiger partial charge >= 0.3 is 5.97 Å². The molecule has 1 fully saturated rings. The maximum atomic E-state index is 13.7. The van der Waals surface area contributed by atoms with Crippen molar-refractivity contribution in [1.29, 1.82) is 0 Å². The molecule has 0 spiro atoms. The minimum Gasteiger partial charge on any atom is -0.494 e. The van der Waals surface area contributed by atoms with Gasteiger partial charge in [0.2, 0.25) is 0 Å². The highest BCUT2D eigenvalue weighted by Crippen LogP contribution is 2.47. The Kier molecular flexibility index (Phi) is 20.7. The molecule has 6 heteroatoms. The molecule has 0 bridgehead atoms. The van der Waals surface area contributed by atoms with E-state index in [1.807, 2.05) is 43.3 Å². The predicted octanol–water partition coefficient (Wildman–Crippen LogP) is 13.3. The number of unbranched alkanes of at least 4 members (excludes halogenated alkanes) is 20. The first-order chi connectivity index (χ1) is 24.8. The number of benzene rings is 2. The van der Waals surface area contributed by atoms with Gasteiger partial charge in [0.15, 0.2) is 5.72 Å². The Labute approximate surface area is 312 Å². The number of hydroxylamine groups is 2. The Balaban J connectivity index is 1.31. The average Bonchev–Trinajstić information content (AvgIpc) is 3.37. The van der Waals surface area contributed by atoms with E-state index in [2.05, 4.69) is 13.8 Å². The number of carbonyl (C=O) groups is 1. The summed E-state index contributed by atoms with van der Waals surface area (Å²) in [5.41, 5.74) is -0.728. The van der Waals surface area contributed by atoms with Crippen molar-refractivity contribution < 1.29 is 24.2 Å². The molecule has 1 radical (unpaired) electrons. The quantitative estimate of drug-likeness (QED) is 0.0622. The van der Waals surface area contributed by atoms with E-state index < -0.39 is 17.2 Å². The molecule has 0 N–H and O–H groups in total. The molecule has 1 aliphatic rings. The molecule has 0 aliphatic carbocycles. The number of esters is 1. The van der Waals surface area contributed by atoms with Gasteiger partial charge in [0.1, 0.15) is 11.5 Å². The van der Waals surface area contributed by atoms with Crippen LogP contribution in [0.3, 0.4) is 0 Å². The third kappa shape index (κ3) is 15.5. The SMILES string of the molecule is CCCCCCCCCCCCCOc1ccc(C(=O)O[C@@]2(C)CC[C@@](C)(c3ccc(OCCCCCCCCCCCCC)cc3)N2[O])cc1. The van der Waals surface area contributed by atoms with E-state index in [0.717, 1.165) is 35.0 Å². The van der Waals surface area contributed by atoms with Crippen LogP contribution < -0.4 is 9.47 Å². The van der Waals surface area contributed by atoms with E-state index in [0.29, 0.717) is 31.6 Å². The lowest BCUT2D eigenvalue weighted by atomic mass is 9.90. The van der Waals surface area contributed by atoms with Crippen LogP contribution in [-0.4, -0.2) is 30.0 Å². The summed E-state index contributed by atoms with van der Waals surface area (Å²) >= 11 is 0.